The zero-order valence-electron chi connectivity index (χ0n) is 19.9. The number of nitrogens with zero attached hydrogens (tertiary/aromatic N) is 1. The van der Waals surface area contributed by atoms with Crippen LogP contribution in [0.5, 0.6) is 0 Å². The lowest BCUT2D eigenvalue weighted by molar-refractivity contribution is -0.260. The fourth-order valence-corrected chi connectivity index (χ4v) is 3.37. The number of rotatable bonds is 9. The van der Waals surface area contributed by atoms with Crippen molar-refractivity contribution in [2.45, 2.75) is 57.8 Å². The molecule has 1 heterocycles. The van der Waals surface area contributed by atoms with Gasteiger partial charge in [0.05, 0.1) is 7.11 Å². The van der Waals surface area contributed by atoms with Crippen molar-refractivity contribution in [1.82, 2.24) is 15.6 Å². The van der Waals surface area contributed by atoms with Gasteiger partial charge < -0.3 is 30.2 Å². The van der Waals surface area contributed by atoms with Gasteiger partial charge in [-0.25, -0.2) is 4.79 Å². The molecule has 11 heteroatoms. The highest BCUT2D eigenvalue weighted by atomic mass is 32.1. The largest absolute Gasteiger partial charge is 0.595 e. The third kappa shape index (κ3) is 7.68. The zero-order chi connectivity index (χ0) is 25.5. The fourth-order valence-electron chi connectivity index (χ4n) is 3.13. The Labute approximate surface area is 203 Å². The number of carbonyl (C=O) groups is 3. The van der Waals surface area contributed by atoms with Gasteiger partial charge in [0.2, 0.25) is 11.8 Å². The number of aromatic nitrogens is 1. The van der Waals surface area contributed by atoms with Gasteiger partial charge in [-0.15, -0.1) is 0 Å². The van der Waals surface area contributed by atoms with E-state index in [1.807, 2.05) is 24.3 Å². The zero-order valence-corrected chi connectivity index (χ0v) is 20.8. The van der Waals surface area contributed by atoms with Crippen molar-refractivity contribution in [2.75, 3.05) is 12.9 Å². The van der Waals surface area contributed by atoms with Crippen LogP contribution in [0.3, 0.4) is 0 Å². The molecule has 2 amide bonds. The number of fused-ring (bicyclic) bond motifs is 1. The first kappa shape index (κ1) is 27.0. The predicted octanol–water partition coefficient (Wildman–Crippen LogP) is 0.703. The average Bonchev–Trinajstić information content (AvgIpc) is 3.17. The second kappa shape index (κ2) is 11.8. The van der Waals surface area contributed by atoms with Gasteiger partial charge in [0.1, 0.15) is 24.2 Å². The molecule has 0 saturated heterocycles. The molecule has 0 aliphatic carbocycles. The van der Waals surface area contributed by atoms with E-state index in [9.17, 15) is 19.5 Å². The molecule has 0 radical (unpaired) electrons. The van der Waals surface area contributed by atoms with E-state index in [-0.39, 0.29) is 12.2 Å². The molecule has 3 atom stereocenters. The molecule has 1 aromatic heterocycles. The van der Waals surface area contributed by atoms with E-state index in [1.54, 1.807) is 27.0 Å². The number of carbonyl (C=O) groups excluding carboxylic acids is 3. The molecule has 1 aromatic carbocycles. The van der Waals surface area contributed by atoms with Crippen molar-refractivity contribution in [3.63, 3.8) is 0 Å². The number of H-pyrrole nitrogens is 1. The lowest BCUT2D eigenvalue weighted by atomic mass is 10.0. The summed E-state index contributed by atoms with van der Waals surface area (Å²) in [4.78, 5) is 44.4. The van der Waals surface area contributed by atoms with Crippen molar-refractivity contribution in [2.24, 2.45) is 4.99 Å². The Bertz CT molecular complexity index is 1050. The van der Waals surface area contributed by atoms with Crippen LogP contribution >= 0.6 is 12.6 Å². The average molecular weight is 492 g/mol. The Morgan fingerprint density at radius 3 is 2.47 bits per heavy atom. The SMILES string of the molecule is COC(=O)[C@H](Cc1c[nH]c2ccccc12)NC(=O)[C@H](C)NC(=O)[C@H](CS)N=C([O-])OC(C)(C)C. The van der Waals surface area contributed by atoms with E-state index in [0.717, 1.165) is 16.5 Å². The van der Waals surface area contributed by atoms with Crippen LogP contribution in [-0.2, 0) is 30.3 Å². The molecule has 0 spiro atoms. The Balaban J connectivity index is 2.06. The van der Waals surface area contributed by atoms with Gasteiger partial charge in [-0.05, 0) is 18.6 Å². The number of nitrogens with one attached hydrogen (secondary N) is 3. The first-order chi connectivity index (χ1) is 15.9. The highest BCUT2D eigenvalue weighted by Gasteiger charge is 2.27. The summed E-state index contributed by atoms with van der Waals surface area (Å²) < 4.78 is 9.94. The second-order valence-electron chi connectivity index (χ2n) is 8.69. The Morgan fingerprint density at radius 2 is 1.85 bits per heavy atom. The summed E-state index contributed by atoms with van der Waals surface area (Å²) in [6, 6.07) is 4.45. The number of hydrogen-bond donors (Lipinski definition) is 4. The molecule has 34 heavy (non-hydrogen) atoms. The molecule has 2 rings (SSSR count). The minimum absolute atomic E-state index is 0.0647. The molecule has 0 bridgehead atoms. The van der Waals surface area contributed by atoms with Gasteiger partial charge in [-0.3, -0.25) is 14.6 Å². The van der Waals surface area contributed by atoms with Crippen LogP contribution in [0.15, 0.2) is 35.5 Å². The second-order valence-corrected chi connectivity index (χ2v) is 9.05. The Kier molecular flexibility index (Phi) is 9.36. The number of hydrogen-bond acceptors (Lipinski definition) is 8. The van der Waals surface area contributed by atoms with E-state index >= 15 is 0 Å². The van der Waals surface area contributed by atoms with Crippen molar-refractivity contribution >= 4 is 47.4 Å². The summed E-state index contributed by atoms with van der Waals surface area (Å²) in [6.07, 6.45) is 1.06. The van der Waals surface area contributed by atoms with E-state index < -0.39 is 47.6 Å². The van der Waals surface area contributed by atoms with Gasteiger partial charge in [0, 0.05) is 34.9 Å². The van der Waals surface area contributed by atoms with Crippen molar-refractivity contribution < 1.29 is 29.0 Å². The minimum atomic E-state index is -1.14. The highest BCUT2D eigenvalue weighted by molar-refractivity contribution is 7.80. The van der Waals surface area contributed by atoms with Gasteiger partial charge in [-0.2, -0.15) is 12.6 Å². The van der Waals surface area contributed by atoms with Crippen molar-refractivity contribution in [3.05, 3.63) is 36.0 Å². The smallest absolute Gasteiger partial charge is 0.328 e. The molecule has 0 aliphatic heterocycles. The standard InChI is InChI=1S/C23H32N4O6S/c1-13(25-20(29)18(12-34)27-22(31)33-23(2,3)4)19(28)26-17(21(30)32-5)10-14-11-24-16-9-7-6-8-15(14)16/h6-9,11,13,17-18,24,34H,10,12H2,1-5H3,(H,25,29)(H,26,28)(H,27,31)/p-1/t13-,17-,18-/m0/s1. The van der Waals surface area contributed by atoms with Crippen LogP contribution in [0.1, 0.15) is 33.3 Å². The molecule has 10 nitrogen and oxygen atoms in total. The van der Waals surface area contributed by atoms with Crippen LogP contribution in [0, 0.1) is 0 Å². The molecule has 0 aliphatic rings. The number of benzene rings is 1. The summed E-state index contributed by atoms with van der Waals surface area (Å²) in [7, 11) is 1.23. The molecular formula is C23H31N4O6S-. The number of aliphatic imine (C=N–C) groups is 1. The first-order valence-electron chi connectivity index (χ1n) is 10.7. The summed E-state index contributed by atoms with van der Waals surface area (Å²) >= 11 is 4.06. The molecule has 2 aromatic rings. The molecule has 0 saturated carbocycles. The number of methoxy groups -OCH3 is 1. The van der Waals surface area contributed by atoms with E-state index in [0.29, 0.717) is 0 Å². The van der Waals surface area contributed by atoms with Gasteiger partial charge >= 0.3 is 5.97 Å². The first-order valence-corrected chi connectivity index (χ1v) is 11.4. The normalized spacial score (nSPS) is 14.7. The maximum absolute atomic E-state index is 12.7. The maximum Gasteiger partial charge on any atom is 0.328 e. The number of thiol groups is 1. The lowest BCUT2D eigenvalue weighted by Crippen LogP contribution is -2.53. The summed E-state index contributed by atoms with van der Waals surface area (Å²) in [5.74, 6) is -1.95. The van der Waals surface area contributed by atoms with E-state index in [2.05, 4.69) is 33.2 Å². The molecule has 186 valence electrons. The van der Waals surface area contributed by atoms with Gasteiger partial charge in [-0.1, -0.05) is 39.0 Å². The van der Waals surface area contributed by atoms with Gasteiger partial charge in [0.15, 0.2) is 0 Å². The van der Waals surface area contributed by atoms with Crippen LogP contribution in [0.2, 0.25) is 0 Å². The predicted molar refractivity (Wildman–Crippen MR) is 129 cm³/mol. The number of aromatic amines is 1. The van der Waals surface area contributed by atoms with E-state index in [4.69, 9.17) is 9.47 Å². The summed E-state index contributed by atoms with van der Waals surface area (Å²) in [5.41, 5.74) is 0.966. The minimum Gasteiger partial charge on any atom is -0.595 e. The third-order valence-electron chi connectivity index (χ3n) is 4.78. The van der Waals surface area contributed by atoms with Crippen LogP contribution in [0.25, 0.3) is 10.9 Å². The van der Waals surface area contributed by atoms with Crippen LogP contribution in [-0.4, -0.2) is 65.4 Å². The van der Waals surface area contributed by atoms with Crippen LogP contribution < -0.4 is 15.7 Å². The summed E-state index contributed by atoms with van der Waals surface area (Å²) in [5, 5.41) is 17.9. The van der Waals surface area contributed by atoms with Crippen LogP contribution in [0.4, 0.5) is 0 Å². The Morgan fingerprint density at radius 1 is 1.18 bits per heavy atom. The van der Waals surface area contributed by atoms with Crippen molar-refractivity contribution in [1.29, 1.82) is 0 Å². The quantitative estimate of drug-likeness (QED) is 0.176. The number of para-hydroxylation sites is 1. The highest BCUT2D eigenvalue weighted by Crippen LogP contribution is 2.19. The topological polar surface area (TPSA) is 145 Å². The molecule has 3 N–H and O–H groups in total. The fraction of sp³-hybridized carbons (Fsp3) is 0.478. The van der Waals surface area contributed by atoms with Crippen molar-refractivity contribution in [3.8, 4) is 0 Å². The van der Waals surface area contributed by atoms with Gasteiger partial charge in [0.25, 0.3) is 0 Å². The Hall–Kier alpha value is -3.21. The molecule has 0 fully saturated rings. The number of ether oxygens (including phenoxy) is 2. The van der Waals surface area contributed by atoms with E-state index in [1.165, 1.54) is 14.0 Å². The maximum atomic E-state index is 12.7. The molecule has 0 unspecified atom stereocenters. The summed E-state index contributed by atoms with van der Waals surface area (Å²) in [6.45, 7) is 6.49. The number of esters is 1. The monoisotopic (exact) mass is 491 g/mol. The molecular weight excluding hydrogens is 460 g/mol. The lowest BCUT2D eigenvalue weighted by Gasteiger charge is -2.30. The number of amides is 2. The third-order valence-corrected chi connectivity index (χ3v) is 5.13.